The summed E-state index contributed by atoms with van der Waals surface area (Å²) in [5.74, 6) is 1.07. The van der Waals surface area contributed by atoms with Crippen molar-refractivity contribution in [1.29, 1.82) is 0 Å². The molecule has 4 amide bonds. The predicted molar refractivity (Wildman–Crippen MR) is 231 cm³/mol. The maximum Gasteiger partial charge on any atom is 0.293 e. The van der Waals surface area contributed by atoms with Crippen LogP contribution in [0.3, 0.4) is 0 Å². The summed E-state index contributed by atoms with van der Waals surface area (Å²) in [4.78, 5) is 80.7. The molecule has 3 N–H and O–H groups in total. The summed E-state index contributed by atoms with van der Waals surface area (Å²) in [7, 11) is 3.14. The Hall–Kier alpha value is -5.94. The maximum absolute atomic E-state index is 13.4. The fraction of sp³-hybridized carbons (Fsp3) is 0.465. The van der Waals surface area contributed by atoms with E-state index in [4.69, 9.17) is 26.1 Å². The first-order chi connectivity index (χ1) is 29.4. The molecular weight excluding hydrogens is 804 g/mol. The largest absolute Gasteiger partial charge is 0.494 e. The lowest BCUT2D eigenvalue weighted by atomic mass is 9.95. The Morgan fingerprint density at radius 1 is 0.984 bits per heavy atom. The minimum atomic E-state index is -0.673. The molecule has 1 unspecified atom stereocenters. The molecule has 0 bridgehead atoms. The Labute approximate surface area is 358 Å². The highest BCUT2D eigenvalue weighted by Crippen LogP contribution is 2.41. The Balaban J connectivity index is 0.864. The van der Waals surface area contributed by atoms with E-state index in [0.29, 0.717) is 46.1 Å². The van der Waals surface area contributed by atoms with Gasteiger partial charge in [-0.25, -0.2) is 4.98 Å². The van der Waals surface area contributed by atoms with Crippen molar-refractivity contribution in [3.63, 3.8) is 0 Å². The summed E-state index contributed by atoms with van der Waals surface area (Å²) >= 11 is 6.61. The SMILES string of the molecule is CNC(=O)COc1cc2cc(Nc3nc(N4CCN(CC5CCN(c6ccc7c(c6OC)CN(C6CCC(=O)NC6=O)C7=O)CC5)CC4)ncc3Cl)ccc2n(C(C)C)c1=O. The third-order valence-electron chi connectivity index (χ3n) is 12.1. The summed E-state index contributed by atoms with van der Waals surface area (Å²) in [6.45, 7) is 9.84. The summed E-state index contributed by atoms with van der Waals surface area (Å²) < 4.78 is 13.2. The van der Waals surface area contributed by atoms with Gasteiger partial charge in [0.15, 0.2) is 18.2 Å². The number of likely N-dealkylation sites (N-methyl/N-ethyl adjacent to an activating group) is 1. The molecule has 18 heteroatoms. The van der Waals surface area contributed by atoms with Gasteiger partial charge in [-0.3, -0.25) is 34.2 Å². The van der Waals surface area contributed by atoms with Gasteiger partial charge >= 0.3 is 0 Å². The summed E-state index contributed by atoms with van der Waals surface area (Å²) in [5, 5.41) is 9.33. The molecule has 17 nitrogen and oxygen atoms in total. The third kappa shape index (κ3) is 8.53. The highest BCUT2D eigenvalue weighted by atomic mass is 35.5. The first-order valence-electron chi connectivity index (χ1n) is 20.8. The van der Waals surface area contributed by atoms with Gasteiger partial charge in [0.1, 0.15) is 16.8 Å². The first kappa shape index (κ1) is 41.8. The summed E-state index contributed by atoms with van der Waals surface area (Å²) in [6, 6.07) is 10.3. The zero-order valence-electron chi connectivity index (χ0n) is 34.8. The second kappa shape index (κ2) is 17.6. The van der Waals surface area contributed by atoms with Gasteiger partial charge in [-0.15, -0.1) is 0 Å². The highest BCUT2D eigenvalue weighted by molar-refractivity contribution is 6.33. The van der Waals surface area contributed by atoms with Crippen LogP contribution in [0.5, 0.6) is 11.5 Å². The monoisotopic (exact) mass is 854 g/mol. The number of ether oxygens (including phenoxy) is 2. The Morgan fingerprint density at radius 3 is 2.46 bits per heavy atom. The van der Waals surface area contributed by atoms with Crippen LogP contribution in [-0.2, 0) is 20.9 Å². The Bertz CT molecular complexity index is 2430. The molecule has 1 atom stereocenters. The van der Waals surface area contributed by atoms with Crippen molar-refractivity contribution in [2.24, 2.45) is 5.92 Å². The lowest BCUT2D eigenvalue weighted by molar-refractivity contribution is -0.137. The number of methoxy groups -OCH3 is 1. The molecule has 322 valence electrons. The quantitative estimate of drug-likeness (QED) is 0.176. The number of carbonyl (C=O) groups excluding carboxylic acids is 4. The molecule has 2 aromatic carbocycles. The van der Waals surface area contributed by atoms with Gasteiger partial charge in [0.25, 0.3) is 17.4 Å². The second-order valence-corrected chi connectivity index (χ2v) is 16.7. The van der Waals surface area contributed by atoms with Gasteiger partial charge < -0.3 is 39.4 Å². The molecule has 2 aromatic heterocycles. The lowest BCUT2D eigenvalue weighted by Gasteiger charge is -2.39. The molecule has 61 heavy (non-hydrogen) atoms. The smallest absolute Gasteiger partial charge is 0.293 e. The number of fused-ring (bicyclic) bond motifs is 2. The van der Waals surface area contributed by atoms with Crippen molar-refractivity contribution < 1.29 is 28.7 Å². The average Bonchev–Trinajstić information content (AvgIpc) is 3.59. The highest BCUT2D eigenvalue weighted by Gasteiger charge is 2.41. The van der Waals surface area contributed by atoms with Crippen LogP contribution in [0.25, 0.3) is 10.9 Å². The number of amides is 4. The molecule has 0 aliphatic carbocycles. The first-order valence-corrected chi connectivity index (χ1v) is 21.2. The van der Waals surface area contributed by atoms with E-state index in [1.807, 2.05) is 44.2 Å². The number of hydrogen-bond acceptors (Lipinski definition) is 13. The van der Waals surface area contributed by atoms with Gasteiger partial charge in [-0.1, -0.05) is 11.6 Å². The molecule has 6 heterocycles. The molecular formula is C43H51ClN10O7. The molecule has 8 rings (SSSR count). The number of anilines is 4. The zero-order chi connectivity index (χ0) is 42.9. The number of imide groups is 1. The number of carbonyl (C=O) groups is 4. The molecule has 4 aromatic rings. The van der Waals surface area contributed by atoms with Gasteiger partial charge in [-0.05, 0) is 75.4 Å². The number of piperidine rings is 2. The molecule has 3 saturated heterocycles. The van der Waals surface area contributed by atoms with Crippen LogP contribution in [0.2, 0.25) is 5.02 Å². The van der Waals surface area contributed by atoms with E-state index >= 15 is 0 Å². The molecule has 3 fully saturated rings. The molecule has 0 radical (unpaired) electrons. The van der Waals surface area contributed by atoms with Crippen LogP contribution in [-0.4, -0.2) is 121 Å². The summed E-state index contributed by atoms with van der Waals surface area (Å²) in [6.07, 6.45) is 4.17. The maximum atomic E-state index is 13.4. The van der Waals surface area contributed by atoms with Crippen LogP contribution in [0.4, 0.5) is 23.1 Å². The number of piperazine rings is 1. The topological polar surface area (TPSA) is 184 Å². The zero-order valence-corrected chi connectivity index (χ0v) is 35.6. The van der Waals surface area contributed by atoms with E-state index in [9.17, 15) is 24.0 Å². The number of nitrogens with zero attached hydrogens (tertiary/aromatic N) is 7. The Kier molecular flexibility index (Phi) is 12.0. The number of nitrogens with one attached hydrogen (secondary N) is 3. The fourth-order valence-corrected chi connectivity index (χ4v) is 9.03. The van der Waals surface area contributed by atoms with Gasteiger partial charge in [0, 0.05) is 87.5 Å². The van der Waals surface area contributed by atoms with Crippen molar-refractivity contribution in [2.75, 3.05) is 81.7 Å². The van der Waals surface area contributed by atoms with Crippen molar-refractivity contribution >= 4 is 69.3 Å². The Morgan fingerprint density at radius 2 is 1.75 bits per heavy atom. The van der Waals surface area contributed by atoms with E-state index < -0.39 is 11.9 Å². The lowest BCUT2D eigenvalue weighted by Crippen LogP contribution is -2.52. The van der Waals surface area contributed by atoms with E-state index in [1.165, 1.54) is 7.05 Å². The van der Waals surface area contributed by atoms with Crippen LogP contribution < -0.4 is 40.8 Å². The van der Waals surface area contributed by atoms with Crippen LogP contribution >= 0.6 is 11.6 Å². The van der Waals surface area contributed by atoms with E-state index in [0.717, 1.165) is 80.8 Å². The fourth-order valence-electron chi connectivity index (χ4n) is 8.89. The number of pyridine rings is 1. The third-order valence-corrected chi connectivity index (χ3v) is 12.4. The molecule has 0 spiro atoms. The minimum Gasteiger partial charge on any atom is -0.494 e. The van der Waals surface area contributed by atoms with E-state index in [1.54, 1.807) is 28.8 Å². The minimum absolute atomic E-state index is 0.0898. The van der Waals surface area contributed by atoms with Crippen LogP contribution in [0.1, 0.15) is 61.5 Å². The second-order valence-electron chi connectivity index (χ2n) is 16.3. The van der Waals surface area contributed by atoms with Crippen molar-refractivity contribution in [1.82, 2.24) is 35.0 Å². The van der Waals surface area contributed by atoms with Crippen molar-refractivity contribution in [3.8, 4) is 11.5 Å². The van der Waals surface area contributed by atoms with E-state index in [2.05, 4.69) is 35.6 Å². The number of aromatic nitrogens is 3. The van der Waals surface area contributed by atoms with Gasteiger partial charge in [0.05, 0.1) is 31.1 Å². The standard InChI is InChI=1S/C43H51ClN10O7/c1-25(2)54-32-7-5-28(19-27(32)20-35(42(54)59)61-24-37(56)45-3)47-39-31(44)21-46-43(49-39)52-17-15-50(16-18-52)22-26-11-13-51(14-12-26)33-8-6-29-30(38(33)60-4)23-53(41(29)58)34-9-10-36(55)48-40(34)57/h5-8,19-21,25-26,34H,9-18,22-24H2,1-4H3,(H,45,56)(H,46,47,49)(H,48,55,57). The van der Waals surface area contributed by atoms with Gasteiger partial charge in [-0.2, -0.15) is 4.98 Å². The van der Waals surface area contributed by atoms with Gasteiger partial charge in [0.2, 0.25) is 17.8 Å². The summed E-state index contributed by atoms with van der Waals surface area (Å²) in [5.41, 5.74) is 3.42. The number of benzene rings is 2. The predicted octanol–water partition coefficient (Wildman–Crippen LogP) is 3.70. The number of hydrogen-bond donors (Lipinski definition) is 3. The normalized spacial score (nSPS) is 18.8. The van der Waals surface area contributed by atoms with Crippen LogP contribution in [0, 0.1) is 5.92 Å². The number of rotatable bonds is 12. The molecule has 4 aliphatic rings. The molecule has 4 aliphatic heterocycles. The average molecular weight is 855 g/mol. The van der Waals surface area contributed by atoms with Crippen LogP contribution in [0.15, 0.2) is 47.4 Å². The van der Waals surface area contributed by atoms with Crippen molar-refractivity contribution in [3.05, 3.63) is 69.1 Å². The van der Waals surface area contributed by atoms with Crippen molar-refractivity contribution in [2.45, 2.75) is 58.2 Å². The number of halogens is 1. The molecule has 0 saturated carbocycles. The van der Waals surface area contributed by atoms with E-state index in [-0.39, 0.29) is 54.6 Å².